The van der Waals surface area contributed by atoms with Gasteiger partial charge in [0, 0.05) is 19.8 Å². The molecule has 94 valence electrons. The van der Waals surface area contributed by atoms with Crippen LogP contribution in [0.1, 0.15) is 46.0 Å². The molecule has 0 radical (unpaired) electrons. The second-order valence-corrected chi connectivity index (χ2v) is 6.28. The molecular weight excluding hydrogens is 198 g/mol. The van der Waals surface area contributed by atoms with Crippen LogP contribution in [0.2, 0.25) is 0 Å². The van der Waals surface area contributed by atoms with Gasteiger partial charge < -0.3 is 10.1 Å². The van der Waals surface area contributed by atoms with Crippen LogP contribution in [0.3, 0.4) is 0 Å². The van der Waals surface area contributed by atoms with Gasteiger partial charge in [-0.25, -0.2) is 0 Å². The van der Waals surface area contributed by atoms with Crippen LogP contribution in [0.5, 0.6) is 0 Å². The van der Waals surface area contributed by atoms with Gasteiger partial charge in [-0.3, -0.25) is 0 Å². The summed E-state index contributed by atoms with van der Waals surface area (Å²) in [5.41, 5.74) is 0.677. The van der Waals surface area contributed by atoms with Gasteiger partial charge in [0.05, 0.1) is 0 Å². The van der Waals surface area contributed by atoms with E-state index in [2.05, 4.69) is 19.2 Å². The molecule has 2 aliphatic rings. The van der Waals surface area contributed by atoms with Crippen LogP contribution in [0.25, 0.3) is 0 Å². The van der Waals surface area contributed by atoms with Gasteiger partial charge in [-0.05, 0) is 55.9 Å². The van der Waals surface area contributed by atoms with E-state index in [0.717, 1.165) is 25.0 Å². The van der Waals surface area contributed by atoms with Crippen molar-refractivity contribution in [3.05, 3.63) is 0 Å². The minimum atomic E-state index is 0.677. The Bertz CT molecular complexity index is 205. The molecule has 2 fully saturated rings. The molecule has 2 rings (SSSR count). The van der Waals surface area contributed by atoms with Crippen molar-refractivity contribution in [2.24, 2.45) is 17.3 Å². The SMILES string of the molecule is CC(C)CNCC1(CC2CCOCC2)CC1. The highest BCUT2D eigenvalue weighted by molar-refractivity contribution is 4.96. The quantitative estimate of drug-likeness (QED) is 0.750. The van der Waals surface area contributed by atoms with Crippen LogP contribution < -0.4 is 5.32 Å². The fourth-order valence-electron chi connectivity index (χ4n) is 2.82. The molecule has 2 nitrogen and oxygen atoms in total. The molecule has 0 aromatic carbocycles. The number of hydrogen-bond acceptors (Lipinski definition) is 2. The van der Waals surface area contributed by atoms with E-state index < -0.39 is 0 Å². The lowest BCUT2D eigenvalue weighted by atomic mass is 9.87. The first-order valence-corrected chi connectivity index (χ1v) is 6.99. The van der Waals surface area contributed by atoms with E-state index in [1.165, 1.54) is 45.2 Å². The van der Waals surface area contributed by atoms with Gasteiger partial charge in [0.25, 0.3) is 0 Å². The summed E-state index contributed by atoms with van der Waals surface area (Å²) >= 11 is 0. The van der Waals surface area contributed by atoms with Crippen molar-refractivity contribution in [2.75, 3.05) is 26.3 Å². The summed E-state index contributed by atoms with van der Waals surface area (Å²) in [5.74, 6) is 1.72. The lowest BCUT2D eigenvalue weighted by Crippen LogP contribution is -2.30. The normalized spacial score (nSPS) is 24.9. The fourth-order valence-corrected chi connectivity index (χ4v) is 2.82. The molecule has 1 N–H and O–H groups in total. The summed E-state index contributed by atoms with van der Waals surface area (Å²) in [6, 6.07) is 0. The predicted octanol–water partition coefficient (Wildman–Crippen LogP) is 2.83. The fraction of sp³-hybridized carbons (Fsp3) is 1.00. The standard InChI is InChI=1S/C14H27NO/c1-12(2)10-15-11-14(5-6-14)9-13-3-7-16-8-4-13/h12-13,15H,3-11H2,1-2H3. The van der Waals surface area contributed by atoms with Gasteiger partial charge in [0.2, 0.25) is 0 Å². The Balaban J connectivity index is 1.66. The Morgan fingerprint density at radius 1 is 1.25 bits per heavy atom. The van der Waals surface area contributed by atoms with E-state index in [-0.39, 0.29) is 0 Å². The Labute approximate surface area is 100 Å². The molecule has 0 bridgehead atoms. The Kier molecular flexibility index (Phi) is 4.26. The Morgan fingerprint density at radius 3 is 2.50 bits per heavy atom. The molecule has 1 saturated carbocycles. The molecule has 0 spiro atoms. The van der Waals surface area contributed by atoms with E-state index in [0.29, 0.717) is 5.41 Å². The van der Waals surface area contributed by atoms with E-state index in [4.69, 9.17) is 4.74 Å². The highest BCUT2D eigenvalue weighted by Gasteiger charge is 2.43. The molecule has 1 aliphatic heterocycles. The molecule has 0 aromatic heterocycles. The maximum atomic E-state index is 5.43. The largest absolute Gasteiger partial charge is 0.381 e. The van der Waals surface area contributed by atoms with Crippen molar-refractivity contribution >= 4 is 0 Å². The number of rotatable bonds is 6. The molecule has 2 heteroatoms. The minimum Gasteiger partial charge on any atom is -0.381 e. The third-order valence-corrected chi connectivity index (χ3v) is 4.07. The molecular formula is C14H27NO. The second-order valence-electron chi connectivity index (χ2n) is 6.28. The van der Waals surface area contributed by atoms with E-state index >= 15 is 0 Å². The highest BCUT2D eigenvalue weighted by Crippen LogP contribution is 2.51. The van der Waals surface area contributed by atoms with Crippen LogP contribution in [0, 0.1) is 17.3 Å². The van der Waals surface area contributed by atoms with E-state index in [1.807, 2.05) is 0 Å². The predicted molar refractivity (Wildman–Crippen MR) is 67.5 cm³/mol. The first kappa shape index (κ1) is 12.4. The van der Waals surface area contributed by atoms with Crippen LogP contribution in [0.4, 0.5) is 0 Å². The summed E-state index contributed by atoms with van der Waals surface area (Å²) < 4.78 is 5.43. The Hall–Kier alpha value is -0.0800. The number of nitrogens with one attached hydrogen (secondary N) is 1. The van der Waals surface area contributed by atoms with Crippen molar-refractivity contribution in [3.63, 3.8) is 0 Å². The summed E-state index contributed by atoms with van der Waals surface area (Å²) in [6.07, 6.45) is 6.95. The summed E-state index contributed by atoms with van der Waals surface area (Å²) in [4.78, 5) is 0. The number of hydrogen-bond donors (Lipinski definition) is 1. The number of ether oxygens (including phenoxy) is 1. The maximum Gasteiger partial charge on any atom is 0.0468 e. The molecule has 0 atom stereocenters. The third-order valence-electron chi connectivity index (χ3n) is 4.07. The minimum absolute atomic E-state index is 0.677. The second kappa shape index (κ2) is 5.50. The van der Waals surface area contributed by atoms with Gasteiger partial charge in [-0.15, -0.1) is 0 Å². The van der Waals surface area contributed by atoms with Crippen molar-refractivity contribution < 1.29 is 4.74 Å². The van der Waals surface area contributed by atoms with Crippen LogP contribution >= 0.6 is 0 Å². The smallest absolute Gasteiger partial charge is 0.0468 e. The monoisotopic (exact) mass is 225 g/mol. The zero-order valence-electron chi connectivity index (χ0n) is 10.9. The van der Waals surface area contributed by atoms with Gasteiger partial charge in [0.15, 0.2) is 0 Å². The molecule has 1 heterocycles. The van der Waals surface area contributed by atoms with Crippen LogP contribution in [0.15, 0.2) is 0 Å². The zero-order chi connectivity index (χ0) is 11.4. The van der Waals surface area contributed by atoms with Crippen LogP contribution in [-0.2, 0) is 4.74 Å². The van der Waals surface area contributed by atoms with Gasteiger partial charge >= 0.3 is 0 Å². The third kappa shape index (κ3) is 3.74. The molecule has 16 heavy (non-hydrogen) atoms. The molecule has 1 saturated heterocycles. The van der Waals surface area contributed by atoms with Crippen molar-refractivity contribution in [1.29, 1.82) is 0 Å². The first-order chi connectivity index (χ1) is 7.70. The van der Waals surface area contributed by atoms with Gasteiger partial charge in [0.1, 0.15) is 0 Å². The first-order valence-electron chi connectivity index (χ1n) is 6.99. The average molecular weight is 225 g/mol. The topological polar surface area (TPSA) is 21.3 Å². The molecule has 0 aromatic rings. The summed E-state index contributed by atoms with van der Waals surface area (Å²) in [7, 11) is 0. The maximum absolute atomic E-state index is 5.43. The summed E-state index contributed by atoms with van der Waals surface area (Å²) in [5, 5.41) is 3.65. The average Bonchev–Trinajstić information content (AvgIpc) is 2.99. The summed E-state index contributed by atoms with van der Waals surface area (Å²) in [6.45, 7) is 8.99. The van der Waals surface area contributed by atoms with Crippen LogP contribution in [-0.4, -0.2) is 26.3 Å². The van der Waals surface area contributed by atoms with Crippen molar-refractivity contribution in [1.82, 2.24) is 5.32 Å². The lowest BCUT2D eigenvalue weighted by molar-refractivity contribution is 0.0568. The zero-order valence-corrected chi connectivity index (χ0v) is 10.9. The van der Waals surface area contributed by atoms with Gasteiger partial charge in [-0.1, -0.05) is 13.8 Å². The van der Waals surface area contributed by atoms with Crippen molar-refractivity contribution in [2.45, 2.75) is 46.0 Å². The lowest BCUT2D eigenvalue weighted by Gasteiger charge is -2.27. The highest BCUT2D eigenvalue weighted by atomic mass is 16.5. The molecule has 0 unspecified atom stereocenters. The van der Waals surface area contributed by atoms with Crippen molar-refractivity contribution in [3.8, 4) is 0 Å². The van der Waals surface area contributed by atoms with E-state index in [9.17, 15) is 0 Å². The molecule has 0 amide bonds. The Morgan fingerprint density at radius 2 is 1.94 bits per heavy atom. The van der Waals surface area contributed by atoms with Gasteiger partial charge in [-0.2, -0.15) is 0 Å². The van der Waals surface area contributed by atoms with E-state index in [1.54, 1.807) is 0 Å². The molecule has 1 aliphatic carbocycles.